The van der Waals surface area contributed by atoms with Crippen LogP contribution in [0.15, 0.2) is 16.7 Å². The summed E-state index contributed by atoms with van der Waals surface area (Å²) in [6, 6.07) is 1.19. The molecule has 0 fully saturated rings. The molecule has 0 aliphatic carbocycles. The number of amides is 1. The van der Waals surface area contributed by atoms with E-state index in [2.05, 4.69) is 25.8 Å². The summed E-state index contributed by atoms with van der Waals surface area (Å²) < 4.78 is 19.0. The Morgan fingerprint density at radius 3 is 2.89 bits per heavy atom. The van der Waals surface area contributed by atoms with Crippen LogP contribution >= 0.6 is 0 Å². The van der Waals surface area contributed by atoms with Gasteiger partial charge in [0.1, 0.15) is 0 Å². The SMILES string of the molecule is CCNc1nccc(C(=O)Nc2nnc(C)o2)c1F. The van der Waals surface area contributed by atoms with Crippen molar-refractivity contribution in [2.75, 3.05) is 17.2 Å². The molecule has 0 unspecified atom stereocenters. The summed E-state index contributed by atoms with van der Waals surface area (Å²) in [5, 5.41) is 12.2. The molecule has 100 valence electrons. The second kappa shape index (κ2) is 5.42. The lowest BCUT2D eigenvalue weighted by Crippen LogP contribution is -2.16. The first-order valence-electron chi connectivity index (χ1n) is 5.61. The van der Waals surface area contributed by atoms with E-state index in [-0.39, 0.29) is 17.4 Å². The number of rotatable bonds is 4. The van der Waals surface area contributed by atoms with Gasteiger partial charge in [0.25, 0.3) is 5.91 Å². The van der Waals surface area contributed by atoms with E-state index < -0.39 is 11.7 Å². The minimum Gasteiger partial charge on any atom is -0.408 e. The molecule has 2 aromatic rings. The molecule has 2 N–H and O–H groups in total. The second-order valence-electron chi connectivity index (χ2n) is 3.63. The van der Waals surface area contributed by atoms with Gasteiger partial charge in [-0.05, 0) is 13.0 Å². The molecule has 1 amide bonds. The smallest absolute Gasteiger partial charge is 0.322 e. The third-order valence-electron chi connectivity index (χ3n) is 2.22. The van der Waals surface area contributed by atoms with Gasteiger partial charge in [0.15, 0.2) is 11.6 Å². The molecule has 19 heavy (non-hydrogen) atoms. The summed E-state index contributed by atoms with van der Waals surface area (Å²) in [6.07, 6.45) is 1.34. The Bertz CT molecular complexity index is 599. The summed E-state index contributed by atoms with van der Waals surface area (Å²) in [6.45, 7) is 3.88. The quantitative estimate of drug-likeness (QED) is 0.872. The zero-order valence-electron chi connectivity index (χ0n) is 10.4. The van der Waals surface area contributed by atoms with Crippen molar-refractivity contribution in [1.29, 1.82) is 0 Å². The van der Waals surface area contributed by atoms with Crippen LogP contribution in [0.3, 0.4) is 0 Å². The lowest BCUT2D eigenvalue weighted by atomic mass is 10.2. The van der Waals surface area contributed by atoms with Gasteiger partial charge in [-0.2, -0.15) is 0 Å². The van der Waals surface area contributed by atoms with Gasteiger partial charge in [-0.3, -0.25) is 10.1 Å². The number of halogens is 1. The third kappa shape index (κ3) is 2.84. The summed E-state index contributed by atoms with van der Waals surface area (Å²) in [4.78, 5) is 15.7. The predicted octanol–water partition coefficient (Wildman–Crippen LogP) is 1.60. The number of nitrogens with zero attached hydrogens (tertiary/aromatic N) is 3. The largest absolute Gasteiger partial charge is 0.408 e. The fourth-order valence-corrected chi connectivity index (χ4v) is 1.42. The first-order valence-corrected chi connectivity index (χ1v) is 5.61. The van der Waals surface area contributed by atoms with Gasteiger partial charge >= 0.3 is 6.01 Å². The van der Waals surface area contributed by atoms with Crippen molar-refractivity contribution in [2.45, 2.75) is 13.8 Å². The Morgan fingerprint density at radius 1 is 1.47 bits per heavy atom. The summed E-state index contributed by atoms with van der Waals surface area (Å²) in [5.74, 6) is -1.07. The van der Waals surface area contributed by atoms with Gasteiger partial charge in [0.2, 0.25) is 5.89 Å². The number of hydrogen-bond donors (Lipinski definition) is 2. The molecular formula is C11H12FN5O2. The number of nitrogens with one attached hydrogen (secondary N) is 2. The van der Waals surface area contributed by atoms with Crippen LogP contribution in [-0.2, 0) is 0 Å². The first-order chi connectivity index (χ1) is 9.11. The van der Waals surface area contributed by atoms with Crippen LogP contribution in [0.25, 0.3) is 0 Å². The van der Waals surface area contributed by atoms with Crippen molar-refractivity contribution in [3.05, 3.63) is 29.5 Å². The maximum Gasteiger partial charge on any atom is 0.322 e. The summed E-state index contributed by atoms with van der Waals surface area (Å²) in [7, 11) is 0. The molecular weight excluding hydrogens is 253 g/mol. The maximum absolute atomic E-state index is 14.0. The number of aromatic nitrogens is 3. The fraction of sp³-hybridized carbons (Fsp3) is 0.273. The van der Waals surface area contributed by atoms with E-state index in [1.807, 2.05) is 0 Å². The topological polar surface area (TPSA) is 92.9 Å². The number of anilines is 2. The Balaban J connectivity index is 2.21. The van der Waals surface area contributed by atoms with E-state index >= 15 is 0 Å². The molecule has 0 aromatic carbocycles. The van der Waals surface area contributed by atoms with E-state index in [1.165, 1.54) is 12.3 Å². The zero-order valence-corrected chi connectivity index (χ0v) is 10.4. The highest BCUT2D eigenvalue weighted by atomic mass is 19.1. The Hall–Kier alpha value is -2.51. The monoisotopic (exact) mass is 265 g/mol. The molecule has 2 heterocycles. The zero-order chi connectivity index (χ0) is 13.8. The molecule has 0 spiro atoms. The third-order valence-corrected chi connectivity index (χ3v) is 2.22. The van der Waals surface area contributed by atoms with E-state index in [1.54, 1.807) is 13.8 Å². The maximum atomic E-state index is 14.0. The van der Waals surface area contributed by atoms with Crippen LogP contribution < -0.4 is 10.6 Å². The van der Waals surface area contributed by atoms with Crippen LogP contribution in [-0.4, -0.2) is 27.6 Å². The lowest BCUT2D eigenvalue weighted by molar-refractivity contribution is 0.102. The molecule has 0 atom stereocenters. The Morgan fingerprint density at radius 2 is 2.26 bits per heavy atom. The van der Waals surface area contributed by atoms with Gasteiger partial charge in [-0.1, -0.05) is 5.10 Å². The van der Waals surface area contributed by atoms with Crippen LogP contribution in [0, 0.1) is 12.7 Å². The van der Waals surface area contributed by atoms with Crippen molar-refractivity contribution in [3.8, 4) is 0 Å². The van der Waals surface area contributed by atoms with Crippen LogP contribution in [0.1, 0.15) is 23.2 Å². The molecule has 8 heteroatoms. The van der Waals surface area contributed by atoms with E-state index in [0.717, 1.165) is 0 Å². The Labute approximate surface area is 108 Å². The molecule has 7 nitrogen and oxygen atoms in total. The minimum absolute atomic E-state index is 0.0249. The van der Waals surface area contributed by atoms with Gasteiger partial charge < -0.3 is 9.73 Å². The van der Waals surface area contributed by atoms with Crippen LogP contribution in [0.5, 0.6) is 0 Å². The summed E-state index contributed by atoms with van der Waals surface area (Å²) >= 11 is 0. The molecule has 0 saturated heterocycles. The van der Waals surface area contributed by atoms with Gasteiger partial charge in [-0.25, -0.2) is 9.37 Å². The van der Waals surface area contributed by atoms with E-state index in [0.29, 0.717) is 12.4 Å². The molecule has 0 aliphatic heterocycles. The minimum atomic E-state index is -0.724. The average molecular weight is 265 g/mol. The van der Waals surface area contributed by atoms with Crippen molar-refractivity contribution in [2.24, 2.45) is 0 Å². The number of carbonyl (C=O) groups is 1. The van der Waals surface area contributed by atoms with E-state index in [4.69, 9.17) is 4.42 Å². The van der Waals surface area contributed by atoms with Gasteiger partial charge in [0.05, 0.1) is 5.56 Å². The molecule has 0 radical (unpaired) electrons. The highest BCUT2D eigenvalue weighted by Crippen LogP contribution is 2.16. The van der Waals surface area contributed by atoms with Gasteiger partial charge in [0, 0.05) is 19.7 Å². The standard InChI is InChI=1S/C11H12FN5O2/c1-3-13-9-8(12)7(4-5-14-9)10(18)15-11-17-16-6(2)19-11/h4-5H,3H2,1-2H3,(H,13,14)(H,15,17,18). The van der Waals surface area contributed by atoms with Crippen LogP contribution in [0.2, 0.25) is 0 Å². The number of hydrogen-bond acceptors (Lipinski definition) is 6. The number of pyridine rings is 1. The molecule has 0 bridgehead atoms. The molecule has 2 rings (SSSR count). The average Bonchev–Trinajstić information content (AvgIpc) is 2.77. The second-order valence-corrected chi connectivity index (χ2v) is 3.63. The molecule has 0 saturated carbocycles. The van der Waals surface area contributed by atoms with Crippen molar-refractivity contribution in [1.82, 2.24) is 15.2 Å². The van der Waals surface area contributed by atoms with Gasteiger partial charge in [-0.15, -0.1) is 5.10 Å². The van der Waals surface area contributed by atoms with E-state index in [9.17, 15) is 9.18 Å². The molecule has 0 aliphatic rings. The van der Waals surface area contributed by atoms with Crippen molar-refractivity contribution < 1.29 is 13.6 Å². The first kappa shape index (κ1) is 12.9. The number of aryl methyl sites for hydroxylation is 1. The highest BCUT2D eigenvalue weighted by molar-refractivity contribution is 6.03. The van der Waals surface area contributed by atoms with Crippen molar-refractivity contribution >= 4 is 17.7 Å². The highest BCUT2D eigenvalue weighted by Gasteiger charge is 2.17. The Kier molecular flexibility index (Phi) is 3.69. The summed E-state index contributed by atoms with van der Waals surface area (Å²) in [5.41, 5.74) is -0.151. The predicted molar refractivity (Wildman–Crippen MR) is 65.3 cm³/mol. The lowest BCUT2D eigenvalue weighted by Gasteiger charge is -2.07. The van der Waals surface area contributed by atoms with Crippen LogP contribution in [0.4, 0.5) is 16.2 Å². The fourth-order valence-electron chi connectivity index (χ4n) is 1.42. The molecule has 2 aromatic heterocycles. The van der Waals surface area contributed by atoms with Crippen molar-refractivity contribution in [3.63, 3.8) is 0 Å². The normalized spacial score (nSPS) is 10.3. The number of carbonyl (C=O) groups excluding carboxylic acids is 1.